The fourth-order valence-corrected chi connectivity index (χ4v) is 2.40. The SMILES string of the molecule is CC(C)(C)c1nc(-c2cccc3ccccc23)cc(=O)[nH]1. The van der Waals surface area contributed by atoms with Gasteiger partial charge in [0.15, 0.2) is 0 Å². The third kappa shape index (κ3) is 2.59. The molecule has 0 aliphatic heterocycles. The Morgan fingerprint density at radius 1 is 1.00 bits per heavy atom. The summed E-state index contributed by atoms with van der Waals surface area (Å²) < 4.78 is 0. The molecule has 3 aromatic rings. The fourth-order valence-electron chi connectivity index (χ4n) is 2.40. The van der Waals surface area contributed by atoms with Gasteiger partial charge in [0.2, 0.25) is 0 Å². The topological polar surface area (TPSA) is 45.8 Å². The number of hydrogen-bond acceptors (Lipinski definition) is 2. The highest BCUT2D eigenvalue weighted by molar-refractivity contribution is 5.95. The minimum atomic E-state index is -0.195. The number of hydrogen-bond donors (Lipinski definition) is 1. The predicted molar refractivity (Wildman–Crippen MR) is 86.5 cm³/mol. The van der Waals surface area contributed by atoms with Crippen LogP contribution in [-0.2, 0) is 5.41 Å². The first-order chi connectivity index (χ1) is 9.95. The van der Waals surface area contributed by atoms with Crippen LogP contribution in [0.15, 0.2) is 53.3 Å². The zero-order chi connectivity index (χ0) is 15.0. The molecule has 3 nitrogen and oxygen atoms in total. The van der Waals surface area contributed by atoms with Gasteiger partial charge in [-0.15, -0.1) is 0 Å². The van der Waals surface area contributed by atoms with E-state index in [1.54, 1.807) is 6.07 Å². The summed E-state index contributed by atoms with van der Waals surface area (Å²) >= 11 is 0. The van der Waals surface area contributed by atoms with Crippen molar-refractivity contribution in [2.75, 3.05) is 0 Å². The molecule has 3 rings (SSSR count). The van der Waals surface area contributed by atoms with E-state index in [-0.39, 0.29) is 11.0 Å². The van der Waals surface area contributed by atoms with Crippen molar-refractivity contribution in [1.82, 2.24) is 9.97 Å². The number of fused-ring (bicyclic) bond motifs is 1. The maximum absolute atomic E-state index is 12.0. The smallest absolute Gasteiger partial charge is 0.251 e. The van der Waals surface area contributed by atoms with Crippen LogP contribution in [0.25, 0.3) is 22.0 Å². The molecule has 1 aromatic heterocycles. The average molecular weight is 278 g/mol. The number of H-pyrrole nitrogens is 1. The van der Waals surface area contributed by atoms with Crippen molar-refractivity contribution in [3.05, 3.63) is 64.7 Å². The van der Waals surface area contributed by atoms with Gasteiger partial charge in [-0.05, 0) is 10.8 Å². The quantitative estimate of drug-likeness (QED) is 0.734. The first-order valence-corrected chi connectivity index (χ1v) is 7.05. The van der Waals surface area contributed by atoms with E-state index in [1.807, 2.05) is 45.0 Å². The van der Waals surface area contributed by atoms with Gasteiger partial charge in [-0.3, -0.25) is 4.79 Å². The lowest BCUT2D eigenvalue weighted by Crippen LogP contribution is -2.21. The number of aromatic amines is 1. The minimum absolute atomic E-state index is 0.113. The first kappa shape index (κ1) is 13.6. The van der Waals surface area contributed by atoms with Crippen LogP contribution >= 0.6 is 0 Å². The molecule has 0 fully saturated rings. The van der Waals surface area contributed by atoms with Crippen molar-refractivity contribution in [1.29, 1.82) is 0 Å². The van der Waals surface area contributed by atoms with E-state index in [4.69, 9.17) is 0 Å². The van der Waals surface area contributed by atoms with Crippen LogP contribution in [0, 0.1) is 0 Å². The van der Waals surface area contributed by atoms with E-state index in [0.29, 0.717) is 5.82 Å². The van der Waals surface area contributed by atoms with Gasteiger partial charge < -0.3 is 4.98 Å². The molecule has 0 spiro atoms. The summed E-state index contributed by atoms with van der Waals surface area (Å²) in [6.07, 6.45) is 0. The van der Waals surface area contributed by atoms with Gasteiger partial charge in [-0.25, -0.2) is 4.98 Å². The third-order valence-corrected chi connectivity index (χ3v) is 3.52. The van der Waals surface area contributed by atoms with E-state index in [0.717, 1.165) is 22.0 Å². The summed E-state index contributed by atoms with van der Waals surface area (Å²) in [5, 5.41) is 2.26. The van der Waals surface area contributed by atoms with Gasteiger partial charge in [0.25, 0.3) is 5.56 Å². The van der Waals surface area contributed by atoms with Crippen LogP contribution < -0.4 is 5.56 Å². The molecule has 21 heavy (non-hydrogen) atoms. The number of nitrogens with zero attached hydrogens (tertiary/aromatic N) is 1. The van der Waals surface area contributed by atoms with Gasteiger partial charge in [-0.1, -0.05) is 63.2 Å². The second-order valence-electron chi connectivity index (χ2n) is 6.26. The Balaban J connectivity index is 2.29. The summed E-state index contributed by atoms with van der Waals surface area (Å²) in [5.41, 5.74) is 1.41. The molecule has 0 radical (unpaired) electrons. The maximum atomic E-state index is 12.0. The van der Waals surface area contributed by atoms with Crippen LogP contribution in [0.2, 0.25) is 0 Å². The number of benzene rings is 2. The summed E-state index contributed by atoms with van der Waals surface area (Å²) in [6.45, 7) is 6.12. The van der Waals surface area contributed by atoms with E-state index < -0.39 is 0 Å². The molecule has 3 heteroatoms. The van der Waals surface area contributed by atoms with Gasteiger partial charge in [0.1, 0.15) is 5.82 Å². The standard InChI is InChI=1S/C18H18N2O/c1-18(2,3)17-19-15(11-16(21)20-17)14-10-6-8-12-7-4-5-9-13(12)14/h4-11H,1-3H3,(H,19,20,21). The molecule has 106 valence electrons. The van der Waals surface area contributed by atoms with Crippen LogP contribution in [0.4, 0.5) is 0 Å². The van der Waals surface area contributed by atoms with Crippen LogP contribution in [-0.4, -0.2) is 9.97 Å². The Morgan fingerprint density at radius 2 is 1.71 bits per heavy atom. The van der Waals surface area contributed by atoms with Crippen molar-refractivity contribution in [2.45, 2.75) is 26.2 Å². The fraction of sp³-hybridized carbons (Fsp3) is 0.222. The highest BCUT2D eigenvalue weighted by Crippen LogP contribution is 2.27. The second-order valence-corrected chi connectivity index (χ2v) is 6.26. The molecule has 0 aliphatic carbocycles. The largest absolute Gasteiger partial charge is 0.310 e. The summed E-state index contributed by atoms with van der Waals surface area (Å²) in [4.78, 5) is 19.5. The zero-order valence-electron chi connectivity index (χ0n) is 12.5. The van der Waals surface area contributed by atoms with Gasteiger partial charge in [0.05, 0.1) is 5.69 Å². The molecule has 0 unspecified atom stereocenters. The molecule has 1 N–H and O–H groups in total. The van der Waals surface area contributed by atoms with E-state index in [9.17, 15) is 4.79 Å². The van der Waals surface area contributed by atoms with Crippen molar-refractivity contribution in [3.63, 3.8) is 0 Å². The first-order valence-electron chi connectivity index (χ1n) is 7.05. The molecule has 0 saturated carbocycles. The minimum Gasteiger partial charge on any atom is -0.310 e. The summed E-state index contributed by atoms with van der Waals surface area (Å²) in [5.74, 6) is 0.706. The molecular weight excluding hydrogens is 260 g/mol. The predicted octanol–water partition coefficient (Wildman–Crippen LogP) is 3.89. The number of rotatable bonds is 1. The molecule has 0 aliphatic rings. The van der Waals surface area contributed by atoms with Crippen molar-refractivity contribution in [2.24, 2.45) is 0 Å². The number of nitrogens with one attached hydrogen (secondary N) is 1. The monoisotopic (exact) mass is 278 g/mol. The molecule has 0 saturated heterocycles. The Bertz CT molecular complexity index is 851. The Hall–Kier alpha value is -2.42. The molecule has 1 heterocycles. The van der Waals surface area contributed by atoms with E-state index in [2.05, 4.69) is 28.2 Å². The average Bonchev–Trinajstić information content (AvgIpc) is 2.45. The van der Waals surface area contributed by atoms with Crippen LogP contribution in [0.5, 0.6) is 0 Å². The van der Waals surface area contributed by atoms with E-state index >= 15 is 0 Å². The zero-order valence-corrected chi connectivity index (χ0v) is 12.5. The lowest BCUT2D eigenvalue weighted by atomic mass is 9.95. The highest BCUT2D eigenvalue weighted by Gasteiger charge is 2.18. The lowest BCUT2D eigenvalue weighted by Gasteiger charge is -2.18. The van der Waals surface area contributed by atoms with Gasteiger partial charge in [-0.2, -0.15) is 0 Å². The Labute approximate surface area is 123 Å². The second kappa shape index (κ2) is 4.85. The third-order valence-electron chi connectivity index (χ3n) is 3.52. The normalized spacial score (nSPS) is 11.8. The summed E-state index contributed by atoms with van der Waals surface area (Å²) in [7, 11) is 0. The highest BCUT2D eigenvalue weighted by atomic mass is 16.1. The lowest BCUT2D eigenvalue weighted by molar-refractivity contribution is 0.543. The molecule has 0 amide bonds. The van der Waals surface area contributed by atoms with Gasteiger partial charge >= 0.3 is 0 Å². The van der Waals surface area contributed by atoms with Crippen LogP contribution in [0.3, 0.4) is 0 Å². The van der Waals surface area contributed by atoms with Crippen molar-refractivity contribution in [3.8, 4) is 11.3 Å². The Kier molecular flexibility index (Phi) is 3.13. The maximum Gasteiger partial charge on any atom is 0.251 e. The number of aromatic nitrogens is 2. The molecule has 2 aromatic carbocycles. The van der Waals surface area contributed by atoms with Gasteiger partial charge in [0, 0.05) is 17.0 Å². The Morgan fingerprint density at radius 3 is 2.48 bits per heavy atom. The van der Waals surface area contributed by atoms with Crippen LogP contribution in [0.1, 0.15) is 26.6 Å². The molecule has 0 atom stereocenters. The van der Waals surface area contributed by atoms with E-state index in [1.165, 1.54) is 0 Å². The molecular formula is C18H18N2O. The molecule has 0 bridgehead atoms. The summed E-state index contributed by atoms with van der Waals surface area (Å²) in [6, 6.07) is 15.8. The van der Waals surface area contributed by atoms with Crippen molar-refractivity contribution < 1.29 is 0 Å². The van der Waals surface area contributed by atoms with Crippen molar-refractivity contribution >= 4 is 10.8 Å².